The summed E-state index contributed by atoms with van der Waals surface area (Å²) in [4.78, 5) is 2.53. The number of hydrogen-bond acceptors (Lipinski definition) is 2. The minimum atomic E-state index is 0. The van der Waals surface area contributed by atoms with Gasteiger partial charge in [-0.25, -0.2) is 0 Å². The van der Waals surface area contributed by atoms with E-state index in [-0.39, 0.29) is 12.4 Å². The molecule has 1 aliphatic heterocycles. The minimum Gasteiger partial charge on any atom is -0.328 e. The second-order valence-corrected chi connectivity index (χ2v) is 5.57. The number of likely N-dealkylation sites (tertiary alicyclic amines) is 1. The number of nitrogens with two attached hydrogens (primary N) is 1. The molecule has 1 aromatic rings. The molecule has 2 atom stereocenters. The fourth-order valence-electron chi connectivity index (χ4n) is 2.70. The van der Waals surface area contributed by atoms with Gasteiger partial charge in [0, 0.05) is 19.1 Å². The topological polar surface area (TPSA) is 29.3 Å². The lowest BCUT2D eigenvalue weighted by Crippen LogP contribution is -2.29. The number of rotatable bonds is 3. The Balaban J connectivity index is 0.00000162. The Morgan fingerprint density at radius 2 is 2.11 bits per heavy atom. The maximum Gasteiger partial charge on any atom is 0.0236 e. The number of benzene rings is 1. The Labute approximate surface area is 117 Å². The van der Waals surface area contributed by atoms with Crippen LogP contribution in [0.15, 0.2) is 18.2 Å². The van der Waals surface area contributed by atoms with Gasteiger partial charge >= 0.3 is 0 Å². The van der Waals surface area contributed by atoms with Crippen LogP contribution in [0.25, 0.3) is 0 Å². The van der Waals surface area contributed by atoms with E-state index in [0.717, 1.165) is 13.1 Å². The average molecular weight is 269 g/mol. The number of aryl methyl sites for hydroxylation is 2. The zero-order valence-corrected chi connectivity index (χ0v) is 12.5. The van der Waals surface area contributed by atoms with Crippen molar-refractivity contribution in [2.24, 2.45) is 11.7 Å². The molecule has 2 nitrogen and oxygen atoms in total. The van der Waals surface area contributed by atoms with Crippen LogP contribution in [0.4, 0.5) is 0 Å². The van der Waals surface area contributed by atoms with E-state index in [0.29, 0.717) is 12.0 Å². The molecule has 0 amide bonds. The van der Waals surface area contributed by atoms with Gasteiger partial charge in [-0.1, -0.05) is 23.8 Å². The maximum atomic E-state index is 5.98. The lowest BCUT2D eigenvalue weighted by Gasteiger charge is -2.19. The zero-order chi connectivity index (χ0) is 12.4. The highest BCUT2D eigenvalue weighted by Crippen LogP contribution is 2.22. The largest absolute Gasteiger partial charge is 0.328 e. The summed E-state index contributed by atoms with van der Waals surface area (Å²) in [5.74, 6) is 0.681. The van der Waals surface area contributed by atoms with Crippen LogP contribution < -0.4 is 5.73 Å². The zero-order valence-electron chi connectivity index (χ0n) is 11.6. The fourth-order valence-corrected chi connectivity index (χ4v) is 2.70. The van der Waals surface area contributed by atoms with Crippen molar-refractivity contribution in [1.29, 1.82) is 0 Å². The highest BCUT2D eigenvalue weighted by Gasteiger charge is 2.25. The summed E-state index contributed by atoms with van der Waals surface area (Å²) in [6, 6.07) is 7.08. The van der Waals surface area contributed by atoms with Crippen molar-refractivity contribution in [2.45, 2.75) is 39.8 Å². The molecule has 102 valence electrons. The Kier molecular flexibility index (Phi) is 5.64. The highest BCUT2D eigenvalue weighted by molar-refractivity contribution is 5.85. The van der Waals surface area contributed by atoms with E-state index in [9.17, 15) is 0 Å². The van der Waals surface area contributed by atoms with E-state index in [4.69, 9.17) is 5.73 Å². The van der Waals surface area contributed by atoms with Crippen molar-refractivity contribution in [3.8, 4) is 0 Å². The second-order valence-electron chi connectivity index (χ2n) is 5.57. The van der Waals surface area contributed by atoms with Gasteiger partial charge in [-0.3, -0.25) is 4.90 Å². The summed E-state index contributed by atoms with van der Waals surface area (Å²) < 4.78 is 0. The normalized spacial score (nSPS) is 21.7. The lowest BCUT2D eigenvalue weighted by atomic mass is 10.0. The quantitative estimate of drug-likeness (QED) is 0.913. The number of hydrogen-bond donors (Lipinski definition) is 1. The van der Waals surface area contributed by atoms with Crippen molar-refractivity contribution in [3.63, 3.8) is 0 Å². The van der Waals surface area contributed by atoms with Gasteiger partial charge in [-0.05, 0) is 50.8 Å². The standard InChI is InChI=1S/C15H24N2.ClH/c1-11-4-5-14(12(2)8-11)9-17-7-6-15(10-17)13(3)16;/h4-5,8,13,15H,6-7,9-10,16H2,1-3H3;1H. The molecule has 18 heavy (non-hydrogen) atoms. The number of nitrogens with zero attached hydrogens (tertiary/aromatic N) is 1. The van der Waals surface area contributed by atoms with Gasteiger partial charge in [0.1, 0.15) is 0 Å². The molecule has 1 saturated heterocycles. The molecule has 1 aromatic carbocycles. The molecule has 0 spiro atoms. The molecule has 1 aliphatic rings. The molecule has 2 unspecified atom stereocenters. The first-order valence-corrected chi connectivity index (χ1v) is 6.60. The van der Waals surface area contributed by atoms with Gasteiger partial charge in [-0.2, -0.15) is 0 Å². The van der Waals surface area contributed by atoms with E-state index in [1.807, 2.05) is 0 Å². The Bertz CT molecular complexity index is 390. The van der Waals surface area contributed by atoms with Crippen LogP contribution in [0.5, 0.6) is 0 Å². The maximum absolute atomic E-state index is 5.98. The van der Waals surface area contributed by atoms with E-state index >= 15 is 0 Å². The van der Waals surface area contributed by atoms with Gasteiger partial charge in [0.05, 0.1) is 0 Å². The Morgan fingerprint density at radius 3 is 2.67 bits per heavy atom. The van der Waals surface area contributed by atoms with Crippen molar-refractivity contribution < 1.29 is 0 Å². The summed E-state index contributed by atoms with van der Waals surface area (Å²) in [7, 11) is 0. The molecule has 1 fully saturated rings. The van der Waals surface area contributed by atoms with E-state index < -0.39 is 0 Å². The molecule has 0 saturated carbocycles. The lowest BCUT2D eigenvalue weighted by molar-refractivity contribution is 0.308. The van der Waals surface area contributed by atoms with Crippen LogP contribution in [0.2, 0.25) is 0 Å². The molecular weight excluding hydrogens is 244 g/mol. The van der Waals surface area contributed by atoms with Crippen LogP contribution in [0.3, 0.4) is 0 Å². The van der Waals surface area contributed by atoms with Crippen LogP contribution >= 0.6 is 12.4 Å². The van der Waals surface area contributed by atoms with Crippen molar-refractivity contribution >= 4 is 12.4 Å². The monoisotopic (exact) mass is 268 g/mol. The molecule has 3 heteroatoms. The molecule has 0 aliphatic carbocycles. The van der Waals surface area contributed by atoms with Crippen molar-refractivity contribution in [1.82, 2.24) is 4.90 Å². The summed E-state index contributed by atoms with van der Waals surface area (Å²) in [6.45, 7) is 9.92. The van der Waals surface area contributed by atoms with Gasteiger partial charge in [-0.15, -0.1) is 12.4 Å². The van der Waals surface area contributed by atoms with E-state index in [2.05, 4.69) is 43.9 Å². The average Bonchev–Trinajstić information content (AvgIpc) is 2.71. The molecule has 1 heterocycles. The summed E-state index contributed by atoms with van der Waals surface area (Å²) in [5, 5.41) is 0. The van der Waals surface area contributed by atoms with E-state index in [1.54, 1.807) is 0 Å². The summed E-state index contributed by atoms with van der Waals surface area (Å²) in [5.41, 5.74) is 10.2. The molecule has 0 aromatic heterocycles. The molecule has 2 rings (SSSR count). The molecule has 0 radical (unpaired) electrons. The molecule has 0 bridgehead atoms. The van der Waals surface area contributed by atoms with Crippen LogP contribution in [-0.2, 0) is 6.54 Å². The summed E-state index contributed by atoms with van der Waals surface area (Å²) in [6.07, 6.45) is 1.25. The second kappa shape index (κ2) is 6.55. The van der Waals surface area contributed by atoms with Crippen LogP contribution in [-0.4, -0.2) is 24.0 Å². The smallest absolute Gasteiger partial charge is 0.0236 e. The first-order valence-electron chi connectivity index (χ1n) is 6.60. The SMILES string of the molecule is Cc1ccc(CN2CCC(C(C)N)C2)c(C)c1.Cl. The third-order valence-electron chi connectivity index (χ3n) is 3.94. The van der Waals surface area contributed by atoms with Gasteiger partial charge in [0.2, 0.25) is 0 Å². The predicted octanol–water partition coefficient (Wildman–Crippen LogP) is 2.89. The Morgan fingerprint density at radius 1 is 1.39 bits per heavy atom. The van der Waals surface area contributed by atoms with E-state index in [1.165, 1.54) is 29.7 Å². The first kappa shape index (κ1) is 15.5. The minimum absolute atomic E-state index is 0. The Hall–Kier alpha value is -0.570. The fraction of sp³-hybridized carbons (Fsp3) is 0.600. The number of halogens is 1. The molecular formula is C15H25ClN2. The van der Waals surface area contributed by atoms with Crippen molar-refractivity contribution in [3.05, 3.63) is 34.9 Å². The highest BCUT2D eigenvalue weighted by atomic mass is 35.5. The van der Waals surface area contributed by atoms with Crippen LogP contribution in [0.1, 0.15) is 30.0 Å². The predicted molar refractivity (Wildman–Crippen MR) is 80.2 cm³/mol. The van der Waals surface area contributed by atoms with Gasteiger partial charge < -0.3 is 5.73 Å². The van der Waals surface area contributed by atoms with Crippen LogP contribution in [0, 0.1) is 19.8 Å². The summed E-state index contributed by atoms with van der Waals surface area (Å²) >= 11 is 0. The third kappa shape index (κ3) is 3.71. The van der Waals surface area contributed by atoms with Gasteiger partial charge in [0.15, 0.2) is 0 Å². The third-order valence-corrected chi connectivity index (χ3v) is 3.94. The van der Waals surface area contributed by atoms with Gasteiger partial charge in [0.25, 0.3) is 0 Å². The van der Waals surface area contributed by atoms with Crippen molar-refractivity contribution in [2.75, 3.05) is 13.1 Å². The molecule has 2 N–H and O–H groups in total. The first-order chi connectivity index (χ1) is 8.06.